The van der Waals surface area contributed by atoms with Gasteiger partial charge in [0.25, 0.3) is 0 Å². The Bertz CT molecular complexity index is 576. The van der Waals surface area contributed by atoms with Gasteiger partial charge in [-0.05, 0) is 43.9 Å². The van der Waals surface area contributed by atoms with Crippen LogP contribution < -0.4 is 10.1 Å². The van der Waals surface area contributed by atoms with E-state index in [9.17, 15) is 9.59 Å². The van der Waals surface area contributed by atoms with Crippen LogP contribution in [0.1, 0.15) is 30.9 Å². The minimum Gasteiger partial charge on any atom is -0.495 e. The van der Waals surface area contributed by atoms with Crippen molar-refractivity contribution in [1.29, 1.82) is 0 Å². The molecule has 1 fully saturated rings. The minimum absolute atomic E-state index is 0.00783. The third-order valence-electron chi connectivity index (χ3n) is 4.22. The molecule has 0 unspecified atom stereocenters. The summed E-state index contributed by atoms with van der Waals surface area (Å²) in [6.45, 7) is 6.83. The van der Waals surface area contributed by atoms with Crippen LogP contribution in [0.2, 0.25) is 0 Å². The Morgan fingerprint density at radius 3 is 2.41 bits per heavy atom. The molecule has 2 rings (SSSR count). The van der Waals surface area contributed by atoms with E-state index in [4.69, 9.17) is 4.74 Å². The van der Waals surface area contributed by atoms with Gasteiger partial charge in [0.05, 0.1) is 12.8 Å². The number of carbonyl (C=O) groups is 2. The molecule has 0 bridgehead atoms. The summed E-state index contributed by atoms with van der Waals surface area (Å²) in [5, 5.41) is 3.00. The van der Waals surface area contributed by atoms with Crippen molar-refractivity contribution in [1.82, 2.24) is 4.90 Å². The topological polar surface area (TPSA) is 58.6 Å². The van der Waals surface area contributed by atoms with Crippen molar-refractivity contribution in [3.05, 3.63) is 23.3 Å². The lowest BCUT2D eigenvalue weighted by Gasteiger charge is -2.30. The molecule has 5 heteroatoms. The van der Waals surface area contributed by atoms with E-state index in [2.05, 4.69) is 5.32 Å². The molecule has 0 radical (unpaired) electrons. The summed E-state index contributed by atoms with van der Waals surface area (Å²) < 4.78 is 5.38. The maximum atomic E-state index is 12.5. The van der Waals surface area contributed by atoms with E-state index in [1.165, 1.54) is 0 Å². The van der Waals surface area contributed by atoms with Crippen LogP contribution in [0, 0.1) is 19.8 Å². The Balaban J connectivity index is 2.06. The number of anilines is 1. The van der Waals surface area contributed by atoms with Gasteiger partial charge in [-0.3, -0.25) is 9.59 Å². The van der Waals surface area contributed by atoms with Crippen molar-refractivity contribution >= 4 is 17.5 Å². The number of aryl methyl sites for hydroxylation is 2. The van der Waals surface area contributed by atoms with Crippen molar-refractivity contribution in [2.75, 3.05) is 25.5 Å². The lowest BCUT2D eigenvalue weighted by molar-refractivity contribution is -0.132. The fraction of sp³-hybridized carbons (Fsp3) is 0.529. The number of rotatable bonds is 3. The van der Waals surface area contributed by atoms with Gasteiger partial charge in [0.15, 0.2) is 0 Å². The van der Waals surface area contributed by atoms with Crippen LogP contribution in [0.15, 0.2) is 12.1 Å². The highest BCUT2D eigenvalue weighted by Crippen LogP contribution is 2.31. The predicted molar refractivity (Wildman–Crippen MR) is 86.1 cm³/mol. The summed E-state index contributed by atoms with van der Waals surface area (Å²) in [5.74, 6) is 0.719. The molecule has 1 aromatic rings. The molecule has 22 heavy (non-hydrogen) atoms. The van der Waals surface area contributed by atoms with Crippen LogP contribution in [0.3, 0.4) is 0 Å². The zero-order chi connectivity index (χ0) is 16.3. The molecule has 1 aromatic carbocycles. The van der Waals surface area contributed by atoms with Gasteiger partial charge in [0, 0.05) is 25.9 Å². The standard InChI is InChI=1S/C17H24N2O3/c1-11-9-12(2)16(15(10-11)22-4)18-17(21)14-5-7-19(8-6-14)13(3)20/h9-10,14H,5-8H2,1-4H3,(H,18,21). The molecule has 1 aliphatic rings. The molecule has 0 saturated carbocycles. The number of nitrogens with zero attached hydrogens (tertiary/aromatic N) is 1. The van der Waals surface area contributed by atoms with Crippen LogP contribution in [-0.2, 0) is 9.59 Å². The summed E-state index contributed by atoms with van der Waals surface area (Å²) in [5.41, 5.74) is 2.83. The zero-order valence-corrected chi connectivity index (χ0v) is 13.7. The smallest absolute Gasteiger partial charge is 0.227 e. The Hall–Kier alpha value is -2.04. The SMILES string of the molecule is COc1cc(C)cc(C)c1NC(=O)C1CCN(C(C)=O)CC1. The maximum absolute atomic E-state index is 12.5. The normalized spacial score (nSPS) is 15.5. The average Bonchev–Trinajstić information content (AvgIpc) is 2.49. The third kappa shape index (κ3) is 3.59. The van der Waals surface area contributed by atoms with E-state index >= 15 is 0 Å². The molecular weight excluding hydrogens is 280 g/mol. The Morgan fingerprint density at radius 1 is 1.23 bits per heavy atom. The van der Waals surface area contributed by atoms with Gasteiger partial charge in [0.2, 0.25) is 11.8 Å². The van der Waals surface area contributed by atoms with E-state index < -0.39 is 0 Å². The van der Waals surface area contributed by atoms with Gasteiger partial charge in [-0.15, -0.1) is 0 Å². The largest absolute Gasteiger partial charge is 0.495 e. The molecule has 120 valence electrons. The molecule has 5 nitrogen and oxygen atoms in total. The number of hydrogen-bond acceptors (Lipinski definition) is 3. The molecule has 2 amide bonds. The second-order valence-corrected chi connectivity index (χ2v) is 5.93. The number of nitrogens with one attached hydrogen (secondary N) is 1. The average molecular weight is 304 g/mol. The minimum atomic E-state index is -0.0546. The predicted octanol–water partition coefficient (Wildman–Crippen LogP) is 2.51. The van der Waals surface area contributed by atoms with Gasteiger partial charge in [-0.25, -0.2) is 0 Å². The number of carbonyl (C=O) groups excluding carboxylic acids is 2. The maximum Gasteiger partial charge on any atom is 0.227 e. The lowest BCUT2D eigenvalue weighted by Crippen LogP contribution is -2.40. The molecule has 1 aliphatic heterocycles. The summed E-state index contributed by atoms with van der Waals surface area (Å²) in [6, 6.07) is 3.94. The first-order valence-corrected chi connectivity index (χ1v) is 7.64. The van der Waals surface area contributed by atoms with Gasteiger partial charge < -0.3 is 15.0 Å². The first kappa shape index (κ1) is 16.3. The van der Waals surface area contributed by atoms with E-state index in [-0.39, 0.29) is 17.7 Å². The summed E-state index contributed by atoms with van der Waals surface area (Å²) in [6.07, 6.45) is 1.41. The van der Waals surface area contributed by atoms with Crippen molar-refractivity contribution in [3.8, 4) is 5.75 Å². The number of piperidine rings is 1. The molecular formula is C17H24N2O3. The Labute approximate surface area is 131 Å². The highest BCUT2D eigenvalue weighted by Gasteiger charge is 2.26. The van der Waals surface area contributed by atoms with Crippen molar-refractivity contribution in [3.63, 3.8) is 0 Å². The summed E-state index contributed by atoms with van der Waals surface area (Å²) in [7, 11) is 1.61. The molecule has 1 N–H and O–H groups in total. The van der Waals surface area contributed by atoms with E-state index in [1.807, 2.05) is 26.0 Å². The van der Waals surface area contributed by atoms with Crippen molar-refractivity contribution in [2.24, 2.45) is 5.92 Å². The van der Waals surface area contributed by atoms with Gasteiger partial charge in [-0.1, -0.05) is 6.07 Å². The number of benzene rings is 1. The molecule has 0 atom stereocenters. The number of hydrogen-bond donors (Lipinski definition) is 1. The van der Waals surface area contributed by atoms with Crippen LogP contribution in [0.5, 0.6) is 5.75 Å². The van der Waals surface area contributed by atoms with Crippen molar-refractivity contribution < 1.29 is 14.3 Å². The van der Waals surface area contributed by atoms with Crippen LogP contribution >= 0.6 is 0 Å². The number of ether oxygens (including phenoxy) is 1. The first-order valence-electron chi connectivity index (χ1n) is 7.64. The highest BCUT2D eigenvalue weighted by atomic mass is 16.5. The molecule has 0 aliphatic carbocycles. The summed E-state index contributed by atoms with van der Waals surface area (Å²) in [4.78, 5) is 25.6. The second-order valence-electron chi connectivity index (χ2n) is 5.93. The second kappa shape index (κ2) is 6.81. The zero-order valence-electron chi connectivity index (χ0n) is 13.7. The van der Waals surface area contributed by atoms with Crippen LogP contribution in [-0.4, -0.2) is 36.9 Å². The molecule has 1 heterocycles. The molecule has 0 aromatic heterocycles. The Morgan fingerprint density at radius 2 is 1.86 bits per heavy atom. The van der Waals surface area contributed by atoms with Crippen LogP contribution in [0.4, 0.5) is 5.69 Å². The molecule has 0 spiro atoms. The lowest BCUT2D eigenvalue weighted by atomic mass is 9.95. The summed E-state index contributed by atoms with van der Waals surface area (Å²) >= 11 is 0. The molecule has 1 saturated heterocycles. The van der Waals surface area contributed by atoms with Crippen molar-refractivity contribution in [2.45, 2.75) is 33.6 Å². The van der Waals surface area contributed by atoms with E-state index in [0.717, 1.165) is 16.8 Å². The Kier molecular flexibility index (Phi) is 5.06. The monoisotopic (exact) mass is 304 g/mol. The van der Waals surface area contributed by atoms with Crippen LogP contribution in [0.25, 0.3) is 0 Å². The number of likely N-dealkylation sites (tertiary alicyclic amines) is 1. The highest BCUT2D eigenvalue weighted by molar-refractivity contribution is 5.95. The van der Waals surface area contributed by atoms with E-state index in [1.54, 1.807) is 18.9 Å². The first-order chi connectivity index (χ1) is 10.4. The van der Waals surface area contributed by atoms with Gasteiger partial charge in [-0.2, -0.15) is 0 Å². The number of amides is 2. The quantitative estimate of drug-likeness (QED) is 0.933. The third-order valence-corrected chi connectivity index (χ3v) is 4.22. The number of methoxy groups -OCH3 is 1. The van der Waals surface area contributed by atoms with Gasteiger partial charge >= 0.3 is 0 Å². The fourth-order valence-electron chi connectivity index (χ4n) is 2.93. The fourth-order valence-corrected chi connectivity index (χ4v) is 2.93. The van der Waals surface area contributed by atoms with Gasteiger partial charge in [0.1, 0.15) is 5.75 Å². The van der Waals surface area contributed by atoms with E-state index in [0.29, 0.717) is 31.7 Å².